The van der Waals surface area contributed by atoms with Gasteiger partial charge in [-0.1, -0.05) is 12.1 Å². The molecule has 6 heteroatoms. The molecule has 2 heterocycles. The molecule has 0 spiro atoms. The number of morpholine rings is 1. The SMILES string of the molecule is CCN1C(=O)CO[C@@H]2CN(C(=O)Cc3cccc(OC)c3)C[C@H]21. The number of fused-ring (bicyclic) bond motifs is 1. The predicted octanol–water partition coefficient (Wildman–Crippen LogP) is 0.696. The number of methoxy groups -OCH3 is 1. The van der Waals surface area contributed by atoms with Crippen LogP contribution >= 0.6 is 0 Å². The molecule has 0 aliphatic carbocycles. The minimum absolute atomic E-state index is 0.0100. The van der Waals surface area contributed by atoms with E-state index in [0.29, 0.717) is 26.1 Å². The Morgan fingerprint density at radius 1 is 1.39 bits per heavy atom. The molecule has 0 N–H and O–H groups in total. The molecular formula is C17H22N2O4. The summed E-state index contributed by atoms with van der Waals surface area (Å²) in [6.45, 7) is 3.83. The molecule has 2 fully saturated rings. The van der Waals surface area contributed by atoms with Gasteiger partial charge < -0.3 is 19.3 Å². The summed E-state index contributed by atoms with van der Waals surface area (Å²) in [6.07, 6.45) is 0.262. The van der Waals surface area contributed by atoms with Crippen molar-refractivity contribution in [3.05, 3.63) is 29.8 Å². The third-order valence-corrected chi connectivity index (χ3v) is 4.56. The van der Waals surface area contributed by atoms with Crippen molar-refractivity contribution in [1.29, 1.82) is 0 Å². The van der Waals surface area contributed by atoms with Crippen LogP contribution in [0.4, 0.5) is 0 Å². The Morgan fingerprint density at radius 2 is 2.22 bits per heavy atom. The molecule has 2 aliphatic rings. The molecule has 1 aromatic carbocycles. The maximum absolute atomic E-state index is 12.6. The van der Waals surface area contributed by atoms with E-state index in [-0.39, 0.29) is 30.6 Å². The van der Waals surface area contributed by atoms with Crippen LogP contribution in [0, 0.1) is 0 Å². The monoisotopic (exact) mass is 318 g/mol. The van der Waals surface area contributed by atoms with Crippen LogP contribution < -0.4 is 4.74 Å². The standard InChI is InChI=1S/C17H22N2O4/c1-3-19-14-9-18(10-15(14)23-11-17(19)21)16(20)8-12-5-4-6-13(7-12)22-2/h4-7,14-15H,3,8-11H2,1-2H3/t14-,15-/m1/s1. The first kappa shape index (κ1) is 15.8. The molecule has 3 rings (SSSR count). The van der Waals surface area contributed by atoms with Crippen LogP contribution in [0.2, 0.25) is 0 Å². The van der Waals surface area contributed by atoms with Crippen LogP contribution in [0.1, 0.15) is 12.5 Å². The Bertz CT molecular complexity index is 604. The first-order valence-corrected chi connectivity index (χ1v) is 7.94. The molecule has 2 saturated heterocycles. The van der Waals surface area contributed by atoms with E-state index in [9.17, 15) is 9.59 Å². The third-order valence-electron chi connectivity index (χ3n) is 4.56. The van der Waals surface area contributed by atoms with Crippen molar-refractivity contribution < 1.29 is 19.1 Å². The molecule has 0 saturated carbocycles. The van der Waals surface area contributed by atoms with Gasteiger partial charge in [0.05, 0.1) is 25.7 Å². The van der Waals surface area contributed by atoms with Crippen molar-refractivity contribution in [3.8, 4) is 5.75 Å². The molecule has 0 radical (unpaired) electrons. The fraction of sp³-hybridized carbons (Fsp3) is 0.529. The van der Waals surface area contributed by atoms with Crippen LogP contribution in [0.5, 0.6) is 5.75 Å². The van der Waals surface area contributed by atoms with Gasteiger partial charge >= 0.3 is 0 Å². The lowest BCUT2D eigenvalue weighted by Gasteiger charge is -2.35. The zero-order valence-electron chi connectivity index (χ0n) is 13.5. The highest BCUT2D eigenvalue weighted by Gasteiger charge is 2.43. The highest BCUT2D eigenvalue weighted by Crippen LogP contribution is 2.24. The summed E-state index contributed by atoms with van der Waals surface area (Å²) in [5.74, 6) is 0.812. The minimum Gasteiger partial charge on any atom is -0.497 e. The fourth-order valence-electron chi connectivity index (χ4n) is 3.35. The number of rotatable bonds is 4. The summed E-state index contributed by atoms with van der Waals surface area (Å²) in [6, 6.07) is 7.51. The van der Waals surface area contributed by atoms with Crippen LogP contribution in [-0.4, -0.2) is 67.1 Å². The minimum atomic E-state index is -0.0677. The highest BCUT2D eigenvalue weighted by atomic mass is 16.5. The second kappa shape index (κ2) is 6.58. The average molecular weight is 318 g/mol. The molecule has 124 valence electrons. The Kier molecular flexibility index (Phi) is 4.52. The van der Waals surface area contributed by atoms with Gasteiger partial charge in [-0.2, -0.15) is 0 Å². The normalized spacial score (nSPS) is 23.8. The fourth-order valence-corrected chi connectivity index (χ4v) is 3.35. The number of carbonyl (C=O) groups is 2. The van der Waals surface area contributed by atoms with E-state index in [4.69, 9.17) is 9.47 Å². The van der Waals surface area contributed by atoms with Crippen LogP contribution in [0.3, 0.4) is 0 Å². The van der Waals surface area contributed by atoms with E-state index in [0.717, 1.165) is 11.3 Å². The predicted molar refractivity (Wildman–Crippen MR) is 84.2 cm³/mol. The first-order valence-electron chi connectivity index (χ1n) is 7.94. The van der Waals surface area contributed by atoms with Crippen LogP contribution in [0.25, 0.3) is 0 Å². The maximum Gasteiger partial charge on any atom is 0.248 e. The number of hydrogen-bond acceptors (Lipinski definition) is 4. The van der Waals surface area contributed by atoms with Gasteiger partial charge in [0, 0.05) is 19.6 Å². The quantitative estimate of drug-likeness (QED) is 0.820. The van der Waals surface area contributed by atoms with E-state index >= 15 is 0 Å². The van der Waals surface area contributed by atoms with E-state index in [2.05, 4.69) is 0 Å². The van der Waals surface area contributed by atoms with Crippen LogP contribution in [0.15, 0.2) is 24.3 Å². The summed E-state index contributed by atoms with van der Waals surface area (Å²) in [5.41, 5.74) is 0.925. The molecular weight excluding hydrogens is 296 g/mol. The van der Waals surface area contributed by atoms with E-state index < -0.39 is 0 Å². The molecule has 2 amide bonds. The molecule has 2 atom stereocenters. The van der Waals surface area contributed by atoms with Crippen molar-refractivity contribution in [1.82, 2.24) is 9.80 Å². The van der Waals surface area contributed by atoms with Gasteiger partial charge in [-0.25, -0.2) is 0 Å². The Hall–Kier alpha value is -2.08. The zero-order valence-corrected chi connectivity index (χ0v) is 13.5. The van der Waals surface area contributed by atoms with Crippen molar-refractivity contribution >= 4 is 11.8 Å². The lowest BCUT2D eigenvalue weighted by Crippen LogP contribution is -2.53. The molecule has 0 aromatic heterocycles. The Balaban J connectivity index is 1.66. The largest absolute Gasteiger partial charge is 0.497 e. The first-order chi connectivity index (χ1) is 11.1. The maximum atomic E-state index is 12.6. The number of likely N-dealkylation sites (N-methyl/N-ethyl adjacent to an activating group) is 1. The van der Waals surface area contributed by atoms with Crippen molar-refractivity contribution in [3.63, 3.8) is 0 Å². The van der Waals surface area contributed by atoms with Crippen molar-refractivity contribution in [2.24, 2.45) is 0 Å². The van der Waals surface area contributed by atoms with Crippen LogP contribution in [-0.2, 0) is 20.7 Å². The molecule has 1 aromatic rings. The molecule has 6 nitrogen and oxygen atoms in total. The number of likely N-dealkylation sites (tertiary alicyclic amines) is 1. The zero-order chi connectivity index (χ0) is 16.4. The van der Waals surface area contributed by atoms with E-state index in [1.807, 2.05) is 36.1 Å². The van der Waals surface area contributed by atoms with Gasteiger partial charge in [0.15, 0.2) is 0 Å². The number of nitrogens with zero attached hydrogens (tertiary/aromatic N) is 2. The van der Waals surface area contributed by atoms with Crippen molar-refractivity contribution in [2.75, 3.05) is 33.4 Å². The number of benzene rings is 1. The third kappa shape index (κ3) is 3.17. The van der Waals surface area contributed by atoms with Gasteiger partial charge in [-0.15, -0.1) is 0 Å². The highest BCUT2D eigenvalue weighted by molar-refractivity contribution is 5.81. The van der Waals surface area contributed by atoms with E-state index in [1.165, 1.54) is 0 Å². The number of carbonyl (C=O) groups excluding carboxylic acids is 2. The Morgan fingerprint density at radius 3 is 2.96 bits per heavy atom. The van der Waals surface area contributed by atoms with Gasteiger partial charge in [0.25, 0.3) is 0 Å². The number of hydrogen-bond donors (Lipinski definition) is 0. The molecule has 23 heavy (non-hydrogen) atoms. The summed E-state index contributed by atoms with van der Waals surface area (Å²) in [4.78, 5) is 28.1. The topological polar surface area (TPSA) is 59.1 Å². The summed E-state index contributed by atoms with van der Waals surface area (Å²) >= 11 is 0. The molecule has 2 aliphatic heterocycles. The molecule has 0 unspecified atom stereocenters. The van der Waals surface area contributed by atoms with Gasteiger partial charge in [-0.05, 0) is 24.6 Å². The number of ether oxygens (including phenoxy) is 2. The van der Waals surface area contributed by atoms with Gasteiger partial charge in [0.1, 0.15) is 12.4 Å². The average Bonchev–Trinajstić information content (AvgIpc) is 2.99. The number of amides is 2. The smallest absolute Gasteiger partial charge is 0.248 e. The summed E-state index contributed by atoms with van der Waals surface area (Å²) in [7, 11) is 1.61. The Labute approximate surface area is 136 Å². The lowest BCUT2D eigenvalue weighted by atomic mass is 10.1. The summed E-state index contributed by atoms with van der Waals surface area (Å²) in [5, 5.41) is 0. The lowest BCUT2D eigenvalue weighted by molar-refractivity contribution is -0.152. The summed E-state index contributed by atoms with van der Waals surface area (Å²) < 4.78 is 10.8. The van der Waals surface area contributed by atoms with Gasteiger partial charge in [0.2, 0.25) is 11.8 Å². The second-order valence-corrected chi connectivity index (χ2v) is 5.92. The van der Waals surface area contributed by atoms with Crippen molar-refractivity contribution in [2.45, 2.75) is 25.5 Å². The van der Waals surface area contributed by atoms with E-state index in [1.54, 1.807) is 12.0 Å². The van der Waals surface area contributed by atoms with Gasteiger partial charge in [-0.3, -0.25) is 9.59 Å². The second-order valence-electron chi connectivity index (χ2n) is 5.92. The molecule has 0 bridgehead atoms.